The van der Waals surface area contributed by atoms with Crippen LogP contribution in [0, 0.1) is 6.92 Å². The highest BCUT2D eigenvalue weighted by Crippen LogP contribution is 2.32. The van der Waals surface area contributed by atoms with Crippen LogP contribution in [0.15, 0.2) is 23.7 Å². The second-order valence-corrected chi connectivity index (χ2v) is 6.15. The topological polar surface area (TPSA) is 58.1 Å². The van der Waals surface area contributed by atoms with Crippen molar-refractivity contribution in [1.82, 2.24) is 14.9 Å². The molecule has 110 valence electrons. The number of likely N-dealkylation sites (tertiary alicyclic amines) is 1. The summed E-state index contributed by atoms with van der Waals surface area (Å²) < 4.78 is 0. The Balaban J connectivity index is 1.88. The van der Waals surface area contributed by atoms with Gasteiger partial charge >= 0.3 is 0 Å². The van der Waals surface area contributed by atoms with E-state index in [1.165, 1.54) is 0 Å². The molecule has 1 saturated heterocycles. The number of rotatable bonds is 3. The molecule has 1 atom stereocenters. The van der Waals surface area contributed by atoms with Gasteiger partial charge in [0.1, 0.15) is 0 Å². The van der Waals surface area contributed by atoms with Crippen LogP contribution >= 0.6 is 11.3 Å². The number of hydrogen-bond acceptors (Lipinski definition) is 5. The lowest BCUT2D eigenvalue weighted by Crippen LogP contribution is -2.28. The highest BCUT2D eigenvalue weighted by Gasteiger charge is 2.29. The maximum Gasteiger partial charge on any atom is 0.220 e. The molecule has 21 heavy (non-hydrogen) atoms. The minimum absolute atomic E-state index is 0.0965. The molecule has 5 nitrogen and oxygen atoms in total. The molecule has 1 unspecified atom stereocenters. The van der Waals surface area contributed by atoms with Gasteiger partial charge in [-0.2, -0.15) is 0 Å². The predicted molar refractivity (Wildman–Crippen MR) is 83.7 cm³/mol. The van der Waals surface area contributed by atoms with Crippen LogP contribution in [0.2, 0.25) is 0 Å². The summed E-state index contributed by atoms with van der Waals surface area (Å²) in [6.07, 6.45) is 3.79. The summed E-state index contributed by atoms with van der Waals surface area (Å²) in [6.45, 7) is 4.43. The largest absolute Gasteiger partial charge is 0.334 e. The molecule has 3 heterocycles. The molecule has 6 heteroatoms. The smallest absolute Gasteiger partial charge is 0.220 e. The number of aryl methyl sites for hydroxylation is 1. The normalized spacial score (nSPS) is 18.0. The number of anilines is 2. The average Bonchev–Trinajstić information content (AvgIpc) is 3.08. The van der Waals surface area contributed by atoms with E-state index in [4.69, 9.17) is 0 Å². The summed E-state index contributed by atoms with van der Waals surface area (Å²) in [5.74, 6) is 0.121. The fourth-order valence-corrected chi connectivity index (χ4v) is 3.35. The van der Waals surface area contributed by atoms with Crippen LogP contribution in [0.1, 0.15) is 37.2 Å². The lowest BCUT2D eigenvalue weighted by Gasteiger charge is -2.23. The standard InChI is InChI=1S/C15H18N4OS/c1-10-8-12(18-15-16-5-7-21-15)9-13(17-10)14-4-3-6-19(14)11(2)20/h5,7-9,14H,3-4,6H2,1-2H3,(H,16,17,18). The summed E-state index contributed by atoms with van der Waals surface area (Å²) in [5.41, 5.74) is 2.88. The van der Waals surface area contributed by atoms with E-state index in [1.807, 2.05) is 29.3 Å². The van der Waals surface area contributed by atoms with Crippen LogP contribution in [0.4, 0.5) is 10.8 Å². The van der Waals surface area contributed by atoms with E-state index < -0.39 is 0 Å². The number of hydrogen-bond donors (Lipinski definition) is 1. The SMILES string of the molecule is CC(=O)N1CCCC1c1cc(Nc2nccs2)cc(C)n1. The zero-order chi connectivity index (χ0) is 14.8. The first-order valence-corrected chi connectivity index (χ1v) is 7.94. The van der Waals surface area contributed by atoms with E-state index >= 15 is 0 Å². The summed E-state index contributed by atoms with van der Waals surface area (Å²) in [6, 6.07) is 4.12. The first-order chi connectivity index (χ1) is 10.1. The van der Waals surface area contributed by atoms with Gasteiger partial charge in [0.25, 0.3) is 0 Å². The molecule has 0 aromatic carbocycles. The van der Waals surface area contributed by atoms with Crippen molar-refractivity contribution >= 4 is 28.1 Å². The second-order valence-electron chi connectivity index (χ2n) is 5.25. The zero-order valence-corrected chi connectivity index (χ0v) is 13.0. The van der Waals surface area contributed by atoms with Gasteiger partial charge in [0, 0.05) is 36.4 Å². The quantitative estimate of drug-likeness (QED) is 0.945. The van der Waals surface area contributed by atoms with Crippen molar-refractivity contribution in [3.8, 4) is 0 Å². The van der Waals surface area contributed by atoms with Gasteiger partial charge in [0.15, 0.2) is 5.13 Å². The number of thiazole rings is 1. The van der Waals surface area contributed by atoms with Crippen LogP contribution in [0.3, 0.4) is 0 Å². The molecule has 0 bridgehead atoms. The fraction of sp³-hybridized carbons (Fsp3) is 0.400. The van der Waals surface area contributed by atoms with Gasteiger partial charge < -0.3 is 10.2 Å². The van der Waals surface area contributed by atoms with Crippen molar-refractivity contribution in [2.75, 3.05) is 11.9 Å². The summed E-state index contributed by atoms with van der Waals surface area (Å²) in [5, 5.41) is 6.10. The van der Waals surface area contributed by atoms with Crippen LogP contribution < -0.4 is 5.32 Å². The summed E-state index contributed by atoms with van der Waals surface area (Å²) >= 11 is 1.56. The monoisotopic (exact) mass is 302 g/mol. The predicted octanol–water partition coefficient (Wildman–Crippen LogP) is 3.27. The lowest BCUT2D eigenvalue weighted by molar-refractivity contribution is -0.129. The first kappa shape index (κ1) is 14.0. The minimum atomic E-state index is 0.0965. The van der Waals surface area contributed by atoms with Gasteiger partial charge in [0.2, 0.25) is 5.91 Å². The summed E-state index contributed by atoms with van der Waals surface area (Å²) in [7, 11) is 0. The third kappa shape index (κ3) is 3.05. The van der Waals surface area contributed by atoms with E-state index in [1.54, 1.807) is 24.5 Å². The Morgan fingerprint density at radius 2 is 2.33 bits per heavy atom. The van der Waals surface area contributed by atoms with Gasteiger partial charge in [-0.15, -0.1) is 11.3 Å². The molecular formula is C15H18N4OS. The molecule has 0 radical (unpaired) electrons. The van der Waals surface area contributed by atoms with Crippen molar-refractivity contribution < 1.29 is 4.79 Å². The Labute approximate surface area is 128 Å². The van der Waals surface area contributed by atoms with Crippen molar-refractivity contribution in [3.63, 3.8) is 0 Å². The lowest BCUT2D eigenvalue weighted by atomic mass is 10.1. The van der Waals surface area contributed by atoms with Crippen LogP contribution in [0.5, 0.6) is 0 Å². The van der Waals surface area contributed by atoms with E-state index in [9.17, 15) is 4.79 Å². The number of aromatic nitrogens is 2. The van der Waals surface area contributed by atoms with Crippen molar-refractivity contribution in [2.45, 2.75) is 32.7 Å². The van der Waals surface area contributed by atoms with Crippen molar-refractivity contribution in [1.29, 1.82) is 0 Å². The second kappa shape index (κ2) is 5.81. The number of carbonyl (C=O) groups excluding carboxylic acids is 1. The molecule has 1 N–H and O–H groups in total. The highest BCUT2D eigenvalue weighted by atomic mass is 32.1. The van der Waals surface area contributed by atoms with Gasteiger partial charge in [-0.3, -0.25) is 9.78 Å². The molecular weight excluding hydrogens is 284 g/mol. The number of amides is 1. The number of nitrogens with zero attached hydrogens (tertiary/aromatic N) is 3. The van der Waals surface area contributed by atoms with Gasteiger partial charge in [-0.1, -0.05) is 0 Å². The number of nitrogens with one attached hydrogen (secondary N) is 1. The maximum atomic E-state index is 11.7. The van der Waals surface area contributed by atoms with E-state index in [0.717, 1.165) is 41.6 Å². The van der Waals surface area contributed by atoms with Crippen LogP contribution in [-0.2, 0) is 4.79 Å². The number of pyridine rings is 1. The van der Waals surface area contributed by atoms with Gasteiger partial charge in [-0.05, 0) is 31.9 Å². The Hall–Kier alpha value is -1.95. The Morgan fingerprint density at radius 1 is 1.48 bits per heavy atom. The molecule has 0 aliphatic carbocycles. The van der Waals surface area contributed by atoms with Gasteiger partial charge in [0.05, 0.1) is 11.7 Å². The van der Waals surface area contributed by atoms with Crippen molar-refractivity contribution in [2.24, 2.45) is 0 Å². The highest BCUT2D eigenvalue weighted by molar-refractivity contribution is 7.13. The Morgan fingerprint density at radius 3 is 3.05 bits per heavy atom. The molecule has 1 fully saturated rings. The van der Waals surface area contributed by atoms with Crippen LogP contribution in [-0.4, -0.2) is 27.3 Å². The van der Waals surface area contributed by atoms with Crippen molar-refractivity contribution in [3.05, 3.63) is 35.1 Å². The van der Waals surface area contributed by atoms with E-state index in [-0.39, 0.29) is 11.9 Å². The third-order valence-corrected chi connectivity index (χ3v) is 4.34. The fourth-order valence-electron chi connectivity index (χ4n) is 2.80. The molecule has 1 aliphatic heterocycles. The zero-order valence-electron chi connectivity index (χ0n) is 12.2. The van der Waals surface area contributed by atoms with Gasteiger partial charge in [-0.25, -0.2) is 4.98 Å². The van der Waals surface area contributed by atoms with E-state index in [0.29, 0.717) is 0 Å². The number of carbonyl (C=O) groups is 1. The Kier molecular flexibility index (Phi) is 3.88. The Bertz CT molecular complexity index is 641. The molecule has 0 saturated carbocycles. The van der Waals surface area contributed by atoms with Crippen LogP contribution in [0.25, 0.3) is 0 Å². The molecule has 2 aromatic rings. The molecule has 1 amide bonds. The third-order valence-electron chi connectivity index (χ3n) is 3.66. The molecule has 3 rings (SSSR count). The molecule has 2 aromatic heterocycles. The molecule has 0 spiro atoms. The average molecular weight is 302 g/mol. The summed E-state index contributed by atoms with van der Waals surface area (Å²) in [4.78, 5) is 22.5. The maximum absolute atomic E-state index is 11.7. The molecule has 1 aliphatic rings. The van der Waals surface area contributed by atoms with E-state index in [2.05, 4.69) is 15.3 Å². The minimum Gasteiger partial charge on any atom is -0.334 e. The first-order valence-electron chi connectivity index (χ1n) is 7.06.